The van der Waals surface area contributed by atoms with Crippen molar-refractivity contribution >= 4 is 22.1 Å². The highest BCUT2D eigenvalue weighted by Crippen LogP contribution is 2.37. The van der Waals surface area contributed by atoms with E-state index in [1.165, 1.54) is 33.7 Å². The summed E-state index contributed by atoms with van der Waals surface area (Å²) in [6.45, 7) is 2.11. The Kier molecular flexibility index (Phi) is 6.40. The van der Waals surface area contributed by atoms with Crippen LogP contribution in [-0.4, -0.2) is 39.0 Å². The molecule has 37 heavy (non-hydrogen) atoms. The molecule has 0 radical (unpaired) electrons. The van der Waals surface area contributed by atoms with Crippen LogP contribution < -0.4 is 16.0 Å². The lowest BCUT2D eigenvalue weighted by molar-refractivity contribution is -0.139. The molecule has 2 aromatic carbocycles. The van der Waals surface area contributed by atoms with E-state index in [-0.39, 0.29) is 29.6 Å². The van der Waals surface area contributed by atoms with E-state index in [0.717, 1.165) is 27.5 Å². The van der Waals surface area contributed by atoms with Crippen LogP contribution >= 0.6 is 11.3 Å². The quantitative estimate of drug-likeness (QED) is 0.389. The summed E-state index contributed by atoms with van der Waals surface area (Å²) in [7, 11) is 0. The number of ether oxygens (including phenoxy) is 1. The number of para-hydroxylation sites is 1. The second-order valence-electron chi connectivity index (χ2n) is 8.83. The van der Waals surface area contributed by atoms with Gasteiger partial charge in [-0.15, -0.1) is 11.3 Å². The summed E-state index contributed by atoms with van der Waals surface area (Å²) in [6.07, 6.45) is -3.37. The largest absolute Gasteiger partial charge is 0.488 e. The molecule has 1 amide bonds. The number of likely N-dealkylation sites (tertiary alicyclic amines) is 1. The second-order valence-corrected chi connectivity index (χ2v) is 9.86. The number of carbonyl (C=O) groups excluding carboxylic acids is 1. The number of fused-ring (bicyclic) bond motifs is 1. The van der Waals surface area contributed by atoms with Crippen molar-refractivity contribution in [3.63, 3.8) is 0 Å². The average molecular weight is 530 g/mol. The third kappa shape index (κ3) is 4.78. The third-order valence-corrected chi connectivity index (χ3v) is 7.50. The second kappa shape index (κ2) is 9.55. The Hall–Kier alpha value is -3.86. The predicted octanol–water partition coefficient (Wildman–Crippen LogP) is 4.19. The summed E-state index contributed by atoms with van der Waals surface area (Å²) in [5.74, 6) is -0.644. The minimum Gasteiger partial charge on any atom is -0.488 e. The summed E-state index contributed by atoms with van der Waals surface area (Å²) < 4.78 is 48.0. The van der Waals surface area contributed by atoms with Crippen LogP contribution in [0.4, 0.5) is 13.2 Å². The van der Waals surface area contributed by atoms with E-state index in [1.807, 2.05) is 30.3 Å². The van der Waals surface area contributed by atoms with Crippen molar-refractivity contribution in [1.82, 2.24) is 13.9 Å². The number of aryl methyl sites for hydroxylation is 1. The molecule has 11 heteroatoms. The number of halogens is 3. The van der Waals surface area contributed by atoms with Crippen LogP contribution in [0.2, 0.25) is 0 Å². The van der Waals surface area contributed by atoms with Gasteiger partial charge in [0.15, 0.2) is 0 Å². The van der Waals surface area contributed by atoms with Gasteiger partial charge in [0.2, 0.25) is 0 Å². The number of hydrogen-bond donors (Lipinski definition) is 0. The molecule has 0 unspecified atom stereocenters. The van der Waals surface area contributed by atoms with E-state index in [9.17, 15) is 27.6 Å². The molecule has 0 aliphatic carbocycles. The summed E-state index contributed by atoms with van der Waals surface area (Å²) in [4.78, 5) is 41.4. The number of aromatic nitrogens is 2. The summed E-state index contributed by atoms with van der Waals surface area (Å²) >= 11 is 1.04. The molecular formula is C26H22F3N3O4S. The molecule has 1 atom stereocenters. The highest BCUT2D eigenvalue weighted by molar-refractivity contribution is 7.19. The molecule has 1 aliphatic rings. The maximum atomic E-state index is 13.3. The number of amides is 1. The SMILES string of the molecule is Cc1c(=O)n(Cc2ccccc2)c(=O)n2cc(C(=O)N3CC[C@@H](Oc4ccccc4C(F)(F)F)C3)sc12. The number of nitrogens with zero attached hydrogens (tertiary/aromatic N) is 3. The number of hydrogen-bond acceptors (Lipinski definition) is 5. The molecule has 3 heterocycles. The van der Waals surface area contributed by atoms with Gasteiger partial charge in [0, 0.05) is 24.7 Å². The van der Waals surface area contributed by atoms with Crippen molar-refractivity contribution in [2.75, 3.05) is 13.1 Å². The molecular weight excluding hydrogens is 507 g/mol. The van der Waals surface area contributed by atoms with Gasteiger partial charge in [0.1, 0.15) is 21.6 Å². The maximum Gasteiger partial charge on any atom is 0.419 e. The maximum absolute atomic E-state index is 13.3. The number of alkyl halides is 3. The predicted molar refractivity (Wildman–Crippen MR) is 132 cm³/mol. The summed E-state index contributed by atoms with van der Waals surface area (Å²) in [5.41, 5.74) is -0.686. The van der Waals surface area contributed by atoms with E-state index in [0.29, 0.717) is 23.4 Å². The molecule has 2 aromatic heterocycles. The Morgan fingerprint density at radius 2 is 1.78 bits per heavy atom. The minimum absolute atomic E-state index is 0.103. The Morgan fingerprint density at radius 3 is 2.51 bits per heavy atom. The molecule has 0 N–H and O–H groups in total. The Bertz CT molecular complexity index is 1590. The Labute approximate surface area is 213 Å². The lowest BCUT2D eigenvalue weighted by Crippen LogP contribution is -2.38. The zero-order valence-electron chi connectivity index (χ0n) is 19.7. The van der Waals surface area contributed by atoms with Crippen LogP contribution in [0.5, 0.6) is 5.75 Å². The van der Waals surface area contributed by atoms with Crippen LogP contribution in [0.15, 0.2) is 70.4 Å². The first-order valence-electron chi connectivity index (χ1n) is 11.5. The van der Waals surface area contributed by atoms with E-state index in [4.69, 9.17) is 4.74 Å². The normalized spacial score (nSPS) is 15.9. The average Bonchev–Trinajstić information content (AvgIpc) is 3.53. The van der Waals surface area contributed by atoms with Crippen molar-refractivity contribution in [3.8, 4) is 5.75 Å². The van der Waals surface area contributed by atoms with E-state index in [2.05, 4.69) is 0 Å². The fraction of sp³-hybridized carbons (Fsp3) is 0.269. The highest BCUT2D eigenvalue weighted by atomic mass is 32.1. The molecule has 0 saturated carbocycles. The van der Waals surface area contributed by atoms with Gasteiger partial charge in [0.05, 0.1) is 18.7 Å². The fourth-order valence-corrected chi connectivity index (χ4v) is 5.47. The zero-order chi connectivity index (χ0) is 26.3. The summed E-state index contributed by atoms with van der Waals surface area (Å²) in [6, 6.07) is 14.1. The number of carbonyl (C=O) groups is 1. The number of thiazole rings is 1. The Morgan fingerprint density at radius 1 is 1.08 bits per heavy atom. The van der Waals surface area contributed by atoms with Crippen molar-refractivity contribution in [2.24, 2.45) is 0 Å². The van der Waals surface area contributed by atoms with Crippen molar-refractivity contribution in [3.05, 3.63) is 103 Å². The van der Waals surface area contributed by atoms with Crippen LogP contribution in [0.3, 0.4) is 0 Å². The molecule has 1 aliphatic heterocycles. The summed E-state index contributed by atoms with van der Waals surface area (Å²) in [5, 5.41) is 0. The van der Waals surface area contributed by atoms with Gasteiger partial charge in [-0.25, -0.2) is 4.79 Å². The molecule has 7 nitrogen and oxygen atoms in total. The molecule has 1 fully saturated rings. The van der Waals surface area contributed by atoms with Crippen molar-refractivity contribution < 1.29 is 22.7 Å². The third-order valence-electron chi connectivity index (χ3n) is 6.31. The smallest absolute Gasteiger partial charge is 0.419 e. The topological polar surface area (TPSA) is 73.0 Å². The van der Waals surface area contributed by atoms with Gasteiger partial charge in [0.25, 0.3) is 11.5 Å². The van der Waals surface area contributed by atoms with Crippen LogP contribution in [0, 0.1) is 6.92 Å². The highest BCUT2D eigenvalue weighted by Gasteiger charge is 2.36. The van der Waals surface area contributed by atoms with Gasteiger partial charge in [-0.2, -0.15) is 13.2 Å². The van der Waals surface area contributed by atoms with E-state index >= 15 is 0 Å². The van der Waals surface area contributed by atoms with Gasteiger partial charge in [-0.1, -0.05) is 42.5 Å². The zero-order valence-corrected chi connectivity index (χ0v) is 20.5. The molecule has 5 rings (SSSR count). The fourth-order valence-electron chi connectivity index (χ4n) is 4.42. The van der Waals surface area contributed by atoms with Crippen molar-refractivity contribution in [2.45, 2.75) is 32.2 Å². The standard InChI is InChI=1S/C26H22F3N3O4S/c1-16-22(33)31(13-17-7-3-2-4-8-17)25(35)32-15-21(37-24(16)32)23(34)30-12-11-18(14-30)36-20-10-6-5-9-19(20)26(27,28)29/h2-10,15,18H,11-14H2,1H3/t18-/m1/s1. The number of benzene rings is 2. The lowest BCUT2D eigenvalue weighted by atomic mass is 10.2. The van der Waals surface area contributed by atoms with Crippen LogP contribution in [0.25, 0.3) is 4.83 Å². The monoisotopic (exact) mass is 529 g/mol. The first kappa shape index (κ1) is 24.8. The number of rotatable bonds is 5. The molecule has 192 valence electrons. The van der Waals surface area contributed by atoms with E-state index < -0.39 is 29.1 Å². The first-order chi connectivity index (χ1) is 17.6. The van der Waals surface area contributed by atoms with Crippen molar-refractivity contribution in [1.29, 1.82) is 0 Å². The Balaban J connectivity index is 1.38. The minimum atomic E-state index is -4.55. The van der Waals surface area contributed by atoms with E-state index in [1.54, 1.807) is 6.92 Å². The van der Waals surface area contributed by atoms with Gasteiger partial charge < -0.3 is 9.64 Å². The molecule has 1 saturated heterocycles. The first-order valence-corrected chi connectivity index (χ1v) is 12.4. The van der Waals surface area contributed by atoms with Gasteiger partial charge in [-0.3, -0.25) is 18.6 Å². The van der Waals surface area contributed by atoms with Gasteiger partial charge >= 0.3 is 11.9 Å². The lowest BCUT2D eigenvalue weighted by Gasteiger charge is -2.19. The van der Waals surface area contributed by atoms with Crippen LogP contribution in [0.1, 0.15) is 32.8 Å². The molecule has 0 spiro atoms. The van der Waals surface area contributed by atoms with Gasteiger partial charge in [-0.05, 0) is 24.6 Å². The molecule has 0 bridgehead atoms. The molecule has 4 aromatic rings. The van der Waals surface area contributed by atoms with Crippen LogP contribution in [-0.2, 0) is 12.7 Å².